The zero-order valence-electron chi connectivity index (χ0n) is 14.8. The molecule has 0 aromatic rings. The fourth-order valence-corrected chi connectivity index (χ4v) is 3.22. The predicted octanol–water partition coefficient (Wildman–Crippen LogP) is 4.21. The highest BCUT2D eigenvalue weighted by Gasteiger charge is 2.29. The first-order chi connectivity index (χ1) is 9.18. The second-order valence-corrected chi connectivity index (χ2v) is 8.82. The fourth-order valence-electron chi connectivity index (χ4n) is 3.22. The second-order valence-electron chi connectivity index (χ2n) is 8.82. The van der Waals surface area contributed by atoms with Gasteiger partial charge >= 0.3 is 0 Å². The van der Waals surface area contributed by atoms with Crippen molar-refractivity contribution in [2.45, 2.75) is 79.2 Å². The van der Waals surface area contributed by atoms with Crippen molar-refractivity contribution < 1.29 is 0 Å². The molecule has 0 heterocycles. The minimum Gasteiger partial charge on any atom is -0.316 e. The average Bonchev–Trinajstić information content (AvgIpc) is 2.32. The van der Waals surface area contributed by atoms with Crippen LogP contribution in [0.1, 0.15) is 73.6 Å². The van der Waals surface area contributed by atoms with Gasteiger partial charge in [0.05, 0.1) is 0 Å². The first-order valence-electron chi connectivity index (χ1n) is 8.64. The topological polar surface area (TPSA) is 24.1 Å². The van der Waals surface area contributed by atoms with Gasteiger partial charge in [0.1, 0.15) is 0 Å². The predicted molar refractivity (Wildman–Crippen MR) is 90.1 cm³/mol. The molecule has 0 unspecified atom stereocenters. The van der Waals surface area contributed by atoms with E-state index in [1.807, 2.05) is 0 Å². The minimum atomic E-state index is 0.255. The van der Waals surface area contributed by atoms with Crippen LogP contribution in [0.4, 0.5) is 0 Å². The molecule has 20 heavy (non-hydrogen) atoms. The highest BCUT2D eigenvalue weighted by Crippen LogP contribution is 2.39. The van der Waals surface area contributed by atoms with Gasteiger partial charge in [-0.2, -0.15) is 0 Å². The molecule has 1 aliphatic carbocycles. The lowest BCUT2D eigenvalue weighted by Crippen LogP contribution is -2.37. The van der Waals surface area contributed by atoms with Gasteiger partial charge in [-0.25, -0.2) is 0 Å². The summed E-state index contributed by atoms with van der Waals surface area (Å²) < 4.78 is 0. The zero-order chi connectivity index (χ0) is 15.2. The molecule has 2 N–H and O–H groups in total. The number of hydrogen-bond donors (Lipinski definition) is 2. The Morgan fingerprint density at radius 3 is 1.95 bits per heavy atom. The Morgan fingerprint density at radius 2 is 1.45 bits per heavy atom. The zero-order valence-corrected chi connectivity index (χ0v) is 14.8. The molecule has 0 aromatic carbocycles. The quantitative estimate of drug-likeness (QED) is 0.713. The van der Waals surface area contributed by atoms with E-state index in [1.165, 1.54) is 38.6 Å². The van der Waals surface area contributed by atoms with Gasteiger partial charge in [0, 0.05) is 5.54 Å². The van der Waals surface area contributed by atoms with E-state index in [9.17, 15) is 0 Å². The molecular formula is C18H38N2. The van der Waals surface area contributed by atoms with Crippen LogP contribution in [-0.2, 0) is 0 Å². The first-order valence-corrected chi connectivity index (χ1v) is 8.64. The van der Waals surface area contributed by atoms with Crippen molar-refractivity contribution in [2.75, 3.05) is 19.6 Å². The van der Waals surface area contributed by atoms with Gasteiger partial charge in [-0.3, -0.25) is 0 Å². The molecule has 120 valence electrons. The summed E-state index contributed by atoms with van der Waals surface area (Å²) in [6, 6.07) is 0. The highest BCUT2D eigenvalue weighted by atomic mass is 14.9. The standard InChI is InChI=1S/C18H38N2/c1-17(2,3)16-10-8-15(9-11-16)14-19-12-7-13-20-18(4,5)6/h15-16,19-20H,7-14H2,1-6H3. The van der Waals surface area contributed by atoms with E-state index in [0.717, 1.165) is 24.9 Å². The lowest BCUT2D eigenvalue weighted by Gasteiger charge is -2.37. The summed E-state index contributed by atoms with van der Waals surface area (Å²) in [5.41, 5.74) is 0.766. The van der Waals surface area contributed by atoms with Crippen molar-refractivity contribution in [2.24, 2.45) is 17.3 Å². The number of rotatable bonds is 6. The second kappa shape index (κ2) is 7.79. The Hall–Kier alpha value is -0.0800. The molecule has 0 spiro atoms. The van der Waals surface area contributed by atoms with Gasteiger partial charge in [0.2, 0.25) is 0 Å². The first kappa shape index (κ1) is 18.0. The lowest BCUT2D eigenvalue weighted by molar-refractivity contribution is 0.149. The smallest absolute Gasteiger partial charge is 0.00965 e. The Kier molecular flexibility index (Phi) is 7.00. The SMILES string of the molecule is CC(C)(C)NCCCNCC1CCC(C(C)(C)C)CC1. The summed E-state index contributed by atoms with van der Waals surface area (Å²) in [6.45, 7) is 17.4. The fraction of sp³-hybridized carbons (Fsp3) is 1.00. The third kappa shape index (κ3) is 7.64. The Labute approximate surface area is 127 Å². The van der Waals surface area contributed by atoms with Gasteiger partial charge in [-0.15, -0.1) is 0 Å². The van der Waals surface area contributed by atoms with Gasteiger partial charge in [0.15, 0.2) is 0 Å². The monoisotopic (exact) mass is 282 g/mol. The van der Waals surface area contributed by atoms with E-state index in [1.54, 1.807) is 0 Å². The Morgan fingerprint density at radius 1 is 0.850 bits per heavy atom. The molecule has 1 rings (SSSR count). The Balaban J connectivity index is 2.02. The molecule has 0 amide bonds. The van der Waals surface area contributed by atoms with E-state index in [-0.39, 0.29) is 5.54 Å². The van der Waals surface area contributed by atoms with Crippen LogP contribution in [0.5, 0.6) is 0 Å². The van der Waals surface area contributed by atoms with Crippen LogP contribution in [0.25, 0.3) is 0 Å². The van der Waals surface area contributed by atoms with Gasteiger partial charge in [-0.05, 0) is 89.8 Å². The number of hydrogen-bond acceptors (Lipinski definition) is 2. The van der Waals surface area contributed by atoms with Crippen LogP contribution < -0.4 is 10.6 Å². The van der Waals surface area contributed by atoms with Crippen molar-refractivity contribution in [1.29, 1.82) is 0 Å². The lowest BCUT2D eigenvalue weighted by atomic mass is 9.70. The summed E-state index contributed by atoms with van der Waals surface area (Å²) in [5.74, 6) is 1.86. The van der Waals surface area contributed by atoms with Crippen LogP contribution in [0, 0.1) is 17.3 Å². The third-order valence-corrected chi connectivity index (χ3v) is 4.69. The van der Waals surface area contributed by atoms with Crippen molar-refractivity contribution in [3.8, 4) is 0 Å². The molecule has 2 heteroatoms. The molecule has 0 aromatic heterocycles. The highest BCUT2D eigenvalue weighted by molar-refractivity contribution is 4.81. The molecule has 0 bridgehead atoms. The summed E-state index contributed by atoms with van der Waals surface area (Å²) >= 11 is 0. The van der Waals surface area contributed by atoms with Crippen LogP contribution in [-0.4, -0.2) is 25.2 Å². The van der Waals surface area contributed by atoms with Gasteiger partial charge in [0.25, 0.3) is 0 Å². The van der Waals surface area contributed by atoms with Crippen LogP contribution in [0.3, 0.4) is 0 Å². The van der Waals surface area contributed by atoms with Crippen LogP contribution >= 0.6 is 0 Å². The summed E-state index contributed by atoms with van der Waals surface area (Å²) in [7, 11) is 0. The van der Waals surface area contributed by atoms with Crippen molar-refractivity contribution >= 4 is 0 Å². The van der Waals surface area contributed by atoms with E-state index in [4.69, 9.17) is 0 Å². The summed E-state index contributed by atoms with van der Waals surface area (Å²) in [5, 5.41) is 7.20. The molecule has 0 aliphatic heterocycles. The molecular weight excluding hydrogens is 244 g/mol. The summed E-state index contributed by atoms with van der Waals surface area (Å²) in [6.07, 6.45) is 6.95. The third-order valence-electron chi connectivity index (χ3n) is 4.69. The van der Waals surface area contributed by atoms with Crippen LogP contribution in [0.15, 0.2) is 0 Å². The van der Waals surface area contributed by atoms with Crippen molar-refractivity contribution in [1.82, 2.24) is 10.6 Å². The van der Waals surface area contributed by atoms with E-state index in [2.05, 4.69) is 52.2 Å². The molecule has 0 saturated heterocycles. The molecule has 0 radical (unpaired) electrons. The van der Waals surface area contributed by atoms with Gasteiger partial charge in [-0.1, -0.05) is 20.8 Å². The number of nitrogens with one attached hydrogen (secondary N) is 2. The van der Waals surface area contributed by atoms with E-state index < -0.39 is 0 Å². The normalized spacial score (nSPS) is 24.9. The summed E-state index contributed by atoms with van der Waals surface area (Å²) in [4.78, 5) is 0. The average molecular weight is 283 g/mol. The molecule has 1 saturated carbocycles. The maximum atomic E-state index is 3.65. The van der Waals surface area contributed by atoms with E-state index in [0.29, 0.717) is 5.41 Å². The molecule has 2 nitrogen and oxygen atoms in total. The maximum absolute atomic E-state index is 3.65. The Bertz CT molecular complexity index is 252. The van der Waals surface area contributed by atoms with E-state index >= 15 is 0 Å². The van der Waals surface area contributed by atoms with Gasteiger partial charge < -0.3 is 10.6 Å². The van der Waals surface area contributed by atoms with Crippen molar-refractivity contribution in [3.63, 3.8) is 0 Å². The largest absolute Gasteiger partial charge is 0.316 e. The minimum absolute atomic E-state index is 0.255. The maximum Gasteiger partial charge on any atom is 0.00965 e. The molecule has 0 atom stereocenters. The molecule has 1 fully saturated rings. The van der Waals surface area contributed by atoms with Crippen molar-refractivity contribution in [3.05, 3.63) is 0 Å². The van der Waals surface area contributed by atoms with Crippen LogP contribution in [0.2, 0.25) is 0 Å². The molecule has 1 aliphatic rings.